The first kappa shape index (κ1) is 8.37. The molecule has 0 spiro atoms. The van der Waals surface area contributed by atoms with Crippen molar-refractivity contribution in [2.75, 3.05) is 32.2 Å². The molecule has 0 aromatic carbocycles. The van der Waals surface area contributed by atoms with Gasteiger partial charge in [-0.15, -0.1) is 0 Å². The maximum absolute atomic E-state index is 5.46. The summed E-state index contributed by atoms with van der Waals surface area (Å²) in [4.78, 5) is 0. The summed E-state index contributed by atoms with van der Waals surface area (Å²) >= 11 is 1.98. The predicted octanol–water partition coefficient (Wildman–Crippen LogP) is 0.728. The van der Waals surface area contributed by atoms with Crippen LogP contribution in [-0.2, 0) is 4.74 Å². The Bertz CT molecular complexity index is 102. The number of ether oxygens (including phenoxy) is 1. The Hall–Kier alpha value is 0.270. The van der Waals surface area contributed by atoms with Crippen LogP contribution in [0.1, 0.15) is 6.42 Å². The zero-order chi connectivity index (χ0) is 7.45. The molecular formula is C7H15NOS. The molecule has 1 N–H and O–H groups in total. The molecule has 1 aliphatic heterocycles. The largest absolute Gasteiger partial charge is 0.376 e. The molecule has 60 valence electrons. The van der Waals surface area contributed by atoms with Gasteiger partial charge < -0.3 is 10.1 Å². The van der Waals surface area contributed by atoms with Gasteiger partial charge in [-0.25, -0.2) is 0 Å². The van der Waals surface area contributed by atoms with Crippen molar-refractivity contribution in [3.63, 3.8) is 0 Å². The van der Waals surface area contributed by atoms with Gasteiger partial charge in [-0.1, -0.05) is 0 Å². The van der Waals surface area contributed by atoms with Gasteiger partial charge in [0.1, 0.15) is 0 Å². The van der Waals surface area contributed by atoms with Crippen molar-refractivity contribution in [1.29, 1.82) is 0 Å². The summed E-state index contributed by atoms with van der Waals surface area (Å²) in [6.45, 7) is 0.983. The Morgan fingerprint density at radius 3 is 2.90 bits per heavy atom. The quantitative estimate of drug-likeness (QED) is 0.659. The first-order valence-corrected chi connectivity index (χ1v) is 4.76. The van der Waals surface area contributed by atoms with Gasteiger partial charge in [0.25, 0.3) is 0 Å². The number of methoxy groups -OCH3 is 1. The van der Waals surface area contributed by atoms with Crippen LogP contribution >= 0.6 is 11.8 Å². The second-order valence-corrected chi connectivity index (χ2v) is 3.83. The van der Waals surface area contributed by atoms with Gasteiger partial charge in [0.05, 0.1) is 5.60 Å². The van der Waals surface area contributed by atoms with Crippen molar-refractivity contribution in [1.82, 2.24) is 5.32 Å². The lowest BCUT2D eigenvalue weighted by Crippen LogP contribution is -2.41. The minimum Gasteiger partial charge on any atom is -0.376 e. The zero-order valence-corrected chi connectivity index (χ0v) is 7.46. The van der Waals surface area contributed by atoms with Gasteiger partial charge in [-0.3, -0.25) is 0 Å². The van der Waals surface area contributed by atoms with Gasteiger partial charge in [-0.2, -0.15) is 11.8 Å². The van der Waals surface area contributed by atoms with Crippen molar-refractivity contribution in [2.45, 2.75) is 12.0 Å². The summed E-state index contributed by atoms with van der Waals surface area (Å²) in [5.74, 6) is 2.39. The van der Waals surface area contributed by atoms with Crippen LogP contribution in [0.5, 0.6) is 0 Å². The van der Waals surface area contributed by atoms with E-state index in [9.17, 15) is 0 Å². The summed E-state index contributed by atoms with van der Waals surface area (Å²) in [7, 11) is 3.78. The number of likely N-dealkylation sites (N-methyl/N-ethyl adjacent to an activating group) is 1. The monoisotopic (exact) mass is 161 g/mol. The molecule has 0 amide bonds. The average Bonchev–Trinajstić information content (AvgIpc) is 2.39. The molecule has 1 unspecified atom stereocenters. The topological polar surface area (TPSA) is 21.3 Å². The van der Waals surface area contributed by atoms with Gasteiger partial charge in [0, 0.05) is 19.4 Å². The molecule has 0 aromatic heterocycles. The smallest absolute Gasteiger partial charge is 0.0900 e. The van der Waals surface area contributed by atoms with E-state index in [1.165, 1.54) is 12.2 Å². The molecule has 0 bridgehead atoms. The Labute approximate surface area is 66.7 Å². The lowest BCUT2D eigenvalue weighted by molar-refractivity contribution is 0.0152. The highest BCUT2D eigenvalue weighted by atomic mass is 32.2. The van der Waals surface area contributed by atoms with Crippen LogP contribution in [0.2, 0.25) is 0 Å². The standard InChI is InChI=1S/C7H15NOS/c1-8-5-7(9-2)3-4-10-6-7/h8H,3-6H2,1-2H3. The molecule has 0 saturated carbocycles. The number of thioether (sulfide) groups is 1. The molecule has 2 nitrogen and oxygen atoms in total. The third kappa shape index (κ3) is 1.65. The molecular weight excluding hydrogens is 146 g/mol. The Kier molecular flexibility index (Phi) is 3.01. The average molecular weight is 161 g/mol. The summed E-state index contributed by atoms with van der Waals surface area (Å²) < 4.78 is 5.46. The first-order chi connectivity index (χ1) is 4.83. The fourth-order valence-electron chi connectivity index (χ4n) is 1.28. The number of rotatable bonds is 3. The highest BCUT2D eigenvalue weighted by molar-refractivity contribution is 7.99. The minimum absolute atomic E-state index is 0.138. The molecule has 1 saturated heterocycles. The van der Waals surface area contributed by atoms with Crippen LogP contribution < -0.4 is 5.32 Å². The summed E-state index contributed by atoms with van der Waals surface area (Å²) in [6, 6.07) is 0. The molecule has 1 rings (SSSR count). The summed E-state index contributed by atoms with van der Waals surface area (Å²) in [5, 5.41) is 3.16. The van der Waals surface area contributed by atoms with E-state index >= 15 is 0 Å². The van der Waals surface area contributed by atoms with Crippen LogP contribution in [0.3, 0.4) is 0 Å². The molecule has 3 heteroatoms. The highest BCUT2D eigenvalue weighted by Gasteiger charge is 2.33. The third-order valence-electron chi connectivity index (χ3n) is 2.00. The van der Waals surface area contributed by atoms with Crippen molar-refractivity contribution < 1.29 is 4.74 Å². The van der Waals surface area contributed by atoms with Crippen LogP contribution in [0, 0.1) is 0 Å². The fraction of sp³-hybridized carbons (Fsp3) is 1.00. The van der Waals surface area contributed by atoms with Crippen LogP contribution in [0.15, 0.2) is 0 Å². The Morgan fingerprint density at radius 1 is 1.70 bits per heavy atom. The van der Waals surface area contributed by atoms with Crippen molar-refractivity contribution in [3.8, 4) is 0 Å². The maximum atomic E-state index is 5.46. The lowest BCUT2D eigenvalue weighted by Gasteiger charge is -2.25. The molecule has 0 aliphatic carbocycles. The van der Waals surface area contributed by atoms with E-state index in [1.807, 2.05) is 25.9 Å². The molecule has 1 atom stereocenters. The maximum Gasteiger partial charge on any atom is 0.0900 e. The van der Waals surface area contributed by atoms with E-state index in [-0.39, 0.29) is 5.60 Å². The highest BCUT2D eigenvalue weighted by Crippen LogP contribution is 2.29. The molecule has 1 aliphatic rings. The van der Waals surface area contributed by atoms with E-state index in [0.29, 0.717) is 0 Å². The molecule has 0 radical (unpaired) electrons. The molecule has 1 fully saturated rings. The van der Waals surface area contributed by atoms with Crippen LogP contribution in [0.4, 0.5) is 0 Å². The van der Waals surface area contributed by atoms with Crippen molar-refractivity contribution in [3.05, 3.63) is 0 Å². The first-order valence-electron chi connectivity index (χ1n) is 3.60. The Morgan fingerprint density at radius 2 is 2.50 bits per heavy atom. The van der Waals surface area contributed by atoms with Gasteiger partial charge in [0.2, 0.25) is 0 Å². The van der Waals surface area contributed by atoms with Gasteiger partial charge >= 0.3 is 0 Å². The molecule has 1 heterocycles. The third-order valence-corrected chi connectivity index (χ3v) is 3.22. The van der Waals surface area contributed by atoms with Crippen LogP contribution in [0.25, 0.3) is 0 Å². The number of hydrogen-bond acceptors (Lipinski definition) is 3. The van der Waals surface area contributed by atoms with Crippen molar-refractivity contribution >= 4 is 11.8 Å². The number of nitrogens with one attached hydrogen (secondary N) is 1. The number of hydrogen-bond donors (Lipinski definition) is 1. The second-order valence-electron chi connectivity index (χ2n) is 2.72. The fourth-order valence-corrected chi connectivity index (χ4v) is 2.68. The summed E-state index contributed by atoms with van der Waals surface area (Å²) in [6.07, 6.45) is 1.19. The lowest BCUT2D eigenvalue weighted by atomic mass is 10.0. The van der Waals surface area contributed by atoms with Gasteiger partial charge in [0.15, 0.2) is 0 Å². The Balaban J connectivity index is 2.41. The van der Waals surface area contributed by atoms with Crippen LogP contribution in [-0.4, -0.2) is 37.8 Å². The molecule has 10 heavy (non-hydrogen) atoms. The summed E-state index contributed by atoms with van der Waals surface area (Å²) in [5.41, 5.74) is 0.138. The molecule has 0 aromatic rings. The minimum atomic E-state index is 0.138. The van der Waals surface area contributed by atoms with Crippen molar-refractivity contribution in [2.24, 2.45) is 0 Å². The van der Waals surface area contributed by atoms with E-state index in [4.69, 9.17) is 4.74 Å². The zero-order valence-electron chi connectivity index (χ0n) is 6.64. The predicted molar refractivity (Wildman–Crippen MR) is 45.6 cm³/mol. The van der Waals surface area contributed by atoms with E-state index in [2.05, 4.69) is 5.32 Å². The SMILES string of the molecule is CNCC1(OC)CCSC1. The van der Waals surface area contributed by atoms with E-state index in [0.717, 1.165) is 12.3 Å². The van der Waals surface area contributed by atoms with Gasteiger partial charge in [-0.05, 0) is 19.2 Å². The van der Waals surface area contributed by atoms with E-state index < -0.39 is 0 Å². The second kappa shape index (κ2) is 3.60. The van der Waals surface area contributed by atoms with E-state index in [1.54, 1.807) is 0 Å². The normalized spacial score (nSPS) is 33.0.